The lowest BCUT2D eigenvalue weighted by Gasteiger charge is -2.47. The number of benzene rings is 2. The number of ketones is 3. The quantitative estimate of drug-likeness (QED) is 0.181. The van der Waals surface area contributed by atoms with E-state index in [0.29, 0.717) is 6.08 Å². The van der Waals surface area contributed by atoms with Gasteiger partial charge in [-0.2, -0.15) is 0 Å². The average molecular weight is 603 g/mol. The highest BCUT2D eigenvalue weighted by Gasteiger charge is 2.73. The summed E-state index contributed by atoms with van der Waals surface area (Å²) < 4.78 is 21.3. The van der Waals surface area contributed by atoms with Gasteiger partial charge in [-0.15, -0.1) is 0 Å². The highest BCUT2D eigenvalue weighted by Crippen LogP contribution is 2.49. The molecule has 0 aromatic heterocycles. The Morgan fingerprint density at radius 3 is 2.37 bits per heavy atom. The summed E-state index contributed by atoms with van der Waals surface area (Å²) in [6.45, 7) is 3.00. The molecule has 7 unspecified atom stereocenters. The van der Waals surface area contributed by atoms with Crippen LogP contribution in [0.3, 0.4) is 0 Å². The van der Waals surface area contributed by atoms with Crippen LogP contribution >= 0.6 is 0 Å². The summed E-state index contributed by atoms with van der Waals surface area (Å²) in [5.41, 5.74) is -7.91. The minimum absolute atomic E-state index is 0.0119. The van der Waals surface area contributed by atoms with Crippen molar-refractivity contribution in [2.24, 2.45) is 0 Å². The van der Waals surface area contributed by atoms with E-state index in [1.165, 1.54) is 19.9 Å². The summed E-state index contributed by atoms with van der Waals surface area (Å²) in [5, 5.41) is 65.1. The van der Waals surface area contributed by atoms with Gasteiger partial charge in [-0.05, 0) is 36.9 Å². The Morgan fingerprint density at radius 2 is 1.77 bits per heavy atom. The molecule has 7 atom stereocenters. The van der Waals surface area contributed by atoms with Gasteiger partial charge in [0, 0.05) is 29.0 Å². The minimum atomic E-state index is -3.49. The summed E-state index contributed by atoms with van der Waals surface area (Å²) in [6.07, 6.45) is -6.52. The van der Waals surface area contributed by atoms with Gasteiger partial charge in [0.05, 0.1) is 38.4 Å². The fraction of sp³-hybridized carbons (Fsp3) is 0.448. The van der Waals surface area contributed by atoms with Crippen LogP contribution in [0.4, 0.5) is 0 Å². The van der Waals surface area contributed by atoms with Gasteiger partial charge in [0.25, 0.3) is 0 Å². The van der Waals surface area contributed by atoms with Crippen molar-refractivity contribution in [1.82, 2.24) is 0 Å². The third-order valence-corrected chi connectivity index (χ3v) is 8.45. The number of hydrogen-bond acceptors (Lipinski definition) is 14. The number of phenolic OH excluding ortho intramolecular Hbond substituents is 1. The molecule has 0 radical (unpaired) electrons. The molecule has 6 N–H and O–H groups in total. The van der Waals surface area contributed by atoms with Crippen molar-refractivity contribution in [3.8, 4) is 11.5 Å². The number of carbonyl (C=O) groups is 4. The van der Waals surface area contributed by atoms with E-state index in [1.54, 1.807) is 0 Å². The number of esters is 1. The van der Waals surface area contributed by atoms with Gasteiger partial charge >= 0.3 is 5.97 Å². The Bertz CT molecular complexity index is 1600. The van der Waals surface area contributed by atoms with E-state index in [2.05, 4.69) is 0 Å². The van der Waals surface area contributed by atoms with E-state index in [9.17, 15) is 49.8 Å². The van der Waals surface area contributed by atoms with Crippen LogP contribution < -0.4 is 4.74 Å². The van der Waals surface area contributed by atoms with Crippen LogP contribution in [0.5, 0.6) is 11.5 Å². The highest BCUT2D eigenvalue weighted by atomic mass is 16.7. The zero-order valence-corrected chi connectivity index (χ0v) is 23.5. The van der Waals surface area contributed by atoms with Crippen LogP contribution in [0.1, 0.15) is 45.2 Å². The second kappa shape index (κ2) is 10.4. The smallest absolute Gasteiger partial charge is 0.310 e. The molecule has 2 aromatic carbocycles. The summed E-state index contributed by atoms with van der Waals surface area (Å²) in [4.78, 5) is 52.7. The molecule has 230 valence electrons. The van der Waals surface area contributed by atoms with Crippen molar-refractivity contribution >= 4 is 34.1 Å². The number of aromatic hydroxyl groups is 1. The summed E-state index contributed by atoms with van der Waals surface area (Å²) >= 11 is 0. The van der Waals surface area contributed by atoms with Crippen molar-refractivity contribution in [3.63, 3.8) is 0 Å². The molecule has 0 bridgehead atoms. The lowest BCUT2D eigenvalue weighted by Crippen LogP contribution is -2.76. The molecule has 5 rings (SSSR count). The fourth-order valence-corrected chi connectivity index (χ4v) is 5.99. The standard InChI is InChI=1S/C29H30O14/c1-10-13(7-19(32)41-4)16(43-20-8-15(30)23(33)11(2)42-20)6-12-5-14-22(24(34)21(10)12)27(37)28(38)18(31)9-17(40-3)26(36)29(28,39)25(14)35/h5-6,9,11,15,20,23,26,30,33-34,36,38-39H,7-8H2,1-4H3. The monoisotopic (exact) mass is 602 g/mol. The number of hydrogen-bond donors (Lipinski definition) is 6. The first-order chi connectivity index (χ1) is 20.1. The summed E-state index contributed by atoms with van der Waals surface area (Å²) in [5.74, 6) is -6.51. The first kappa shape index (κ1) is 30.5. The number of carbonyl (C=O) groups excluding carboxylic acids is 4. The average Bonchev–Trinajstić information content (AvgIpc) is 2.96. The van der Waals surface area contributed by atoms with E-state index in [0.717, 1.165) is 20.3 Å². The lowest BCUT2D eigenvalue weighted by atomic mass is 9.60. The number of phenols is 1. The van der Waals surface area contributed by atoms with E-state index in [-0.39, 0.29) is 40.5 Å². The maximum atomic E-state index is 13.7. The number of aryl methyl sites for hydroxylation is 1. The second-order valence-corrected chi connectivity index (χ2v) is 10.8. The minimum Gasteiger partial charge on any atom is -0.507 e. The van der Waals surface area contributed by atoms with Crippen molar-refractivity contribution in [2.75, 3.05) is 14.2 Å². The van der Waals surface area contributed by atoms with Gasteiger partial charge in [-0.3, -0.25) is 19.2 Å². The van der Waals surface area contributed by atoms with Gasteiger partial charge in [0.2, 0.25) is 34.8 Å². The summed E-state index contributed by atoms with van der Waals surface area (Å²) in [7, 11) is 2.20. The molecular weight excluding hydrogens is 572 g/mol. The SMILES string of the molecule is COC(=O)Cc1c(OC2CC(O)C(O)C(C)O2)cc2cc3c(c(O)c2c1C)C(=O)C1(O)C(=O)C=C(OC)C(O)C1(O)C3=O. The molecule has 2 aliphatic carbocycles. The number of ether oxygens (including phenoxy) is 4. The third kappa shape index (κ3) is 4.17. The van der Waals surface area contributed by atoms with Crippen molar-refractivity contribution < 1.29 is 68.8 Å². The topological polar surface area (TPSA) is 227 Å². The molecule has 0 saturated carbocycles. The third-order valence-electron chi connectivity index (χ3n) is 8.45. The molecule has 14 nitrogen and oxygen atoms in total. The van der Waals surface area contributed by atoms with Crippen LogP contribution in [0.25, 0.3) is 10.8 Å². The molecule has 1 heterocycles. The van der Waals surface area contributed by atoms with E-state index in [1.807, 2.05) is 0 Å². The van der Waals surface area contributed by atoms with Crippen LogP contribution in [-0.2, 0) is 30.2 Å². The Balaban J connectivity index is 1.73. The zero-order chi connectivity index (χ0) is 31.8. The molecule has 0 amide bonds. The molecule has 1 fully saturated rings. The summed E-state index contributed by atoms with van der Waals surface area (Å²) in [6, 6.07) is 2.42. The first-order valence-electron chi connectivity index (χ1n) is 13.2. The molecule has 1 aliphatic heterocycles. The van der Waals surface area contributed by atoms with Crippen LogP contribution in [0.2, 0.25) is 0 Å². The predicted molar refractivity (Wildman–Crippen MR) is 142 cm³/mol. The van der Waals surface area contributed by atoms with E-state index >= 15 is 0 Å². The number of aliphatic hydroxyl groups excluding tert-OH is 3. The van der Waals surface area contributed by atoms with Crippen molar-refractivity contribution in [2.45, 2.75) is 68.6 Å². The highest BCUT2D eigenvalue weighted by molar-refractivity contribution is 6.34. The number of methoxy groups -OCH3 is 2. The van der Waals surface area contributed by atoms with Gasteiger partial charge < -0.3 is 49.6 Å². The Kier molecular flexibility index (Phi) is 7.36. The first-order valence-corrected chi connectivity index (χ1v) is 13.2. The van der Waals surface area contributed by atoms with Gasteiger partial charge in [0.15, 0.2) is 6.10 Å². The Labute approximate surface area is 243 Å². The maximum Gasteiger partial charge on any atom is 0.310 e. The van der Waals surface area contributed by atoms with Crippen LogP contribution in [0.15, 0.2) is 24.0 Å². The normalized spacial score (nSPS) is 32.2. The molecule has 43 heavy (non-hydrogen) atoms. The number of Topliss-reactive ketones (excluding diaryl/α,β-unsaturated/α-hetero) is 2. The lowest BCUT2D eigenvalue weighted by molar-refractivity contribution is -0.216. The molecule has 1 saturated heterocycles. The van der Waals surface area contributed by atoms with Gasteiger partial charge in [0.1, 0.15) is 23.4 Å². The van der Waals surface area contributed by atoms with Crippen LogP contribution in [-0.4, -0.2) is 110 Å². The van der Waals surface area contributed by atoms with Crippen molar-refractivity contribution in [3.05, 3.63) is 46.2 Å². The molecule has 0 spiro atoms. The molecule has 2 aromatic rings. The molecule has 3 aliphatic rings. The number of fused-ring (bicyclic) bond motifs is 3. The van der Waals surface area contributed by atoms with E-state index < -0.39 is 87.9 Å². The maximum absolute atomic E-state index is 13.7. The van der Waals surface area contributed by atoms with Crippen molar-refractivity contribution in [1.29, 1.82) is 0 Å². The largest absolute Gasteiger partial charge is 0.507 e. The predicted octanol–water partition coefficient (Wildman–Crippen LogP) is -0.880. The fourth-order valence-electron chi connectivity index (χ4n) is 5.99. The number of rotatable bonds is 5. The second-order valence-electron chi connectivity index (χ2n) is 10.8. The van der Waals surface area contributed by atoms with E-state index in [4.69, 9.17) is 18.9 Å². The molecule has 14 heteroatoms. The van der Waals surface area contributed by atoms with Crippen LogP contribution in [0, 0.1) is 6.92 Å². The van der Waals surface area contributed by atoms with Gasteiger partial charge in [-0.1, -0.05) is 0 Å². The Morgan fingerprint density at radius 1 is 1.09 bits per heavy atom. The zero-order valence-electron chi connectivity index (χ0n) is 23.5. The molecular formula is C29H30O14. The number of aliphatic hydroxyl groups is 5. The Hall–Kier alpha value is -3.92. The van der Waals surface area contributed by atoms with Gasteiger partial charge in [-0.25, -0.2) is 0 Å².